The van der Waals surface area contributed by atoms with Gasteiger partial charge in [-0.1, -0.05) is 6.42 Å². The first-order valence-electron chi connectivity index (χ1n) is 3.57. The Morgan fingerprint density at radius 2 is 2.20 bits per heavy atom. The SMILES string of the molecule is CS(=O)C1CCCCC1=O. The van der Waals surface area contributed by atoms with Crippen molar-refractivity contribution in [1.29, 1.82) is 0 Å². The van der Waals surface area contributed by atoms with Crippen LogP contribution in [0.25, 0.3) is 0 Å². The Morgan fingerprint density at radius 3 is 2.60 bits per heavy atom. The highest BCUT2D eigenvalue weighted by atomic mass is 32.2. The average molecular weight is 160 g/mol. The second-order valence-electron chi connectivity index (χ2n) is 2.70. The van der Waals surface area contributed by atoms with E-state index in [2.05, 4.69) is 0 Å². The largest absolute Gasteiger partial charge is 0.298 e. The van der Waals surface area contributed by atoms with E-state index < -0.39 is 10.8 Å². The van der Waals surface area contributed by atoms with E-state index >= 15 is 0 Å². The number of carbonyl (C=O) groups is 1. The Morgan fingerprint density at radius 1 is 1.50 bits per heavy atom. The van der Waals surface area contributed by atoms with Gasteiger partial charge in [-0.25, -0.2) is 0 Å². The van der Waals surface area contributed by atoms with Gasteiger partial charge in [0.25, 0.3) is 0 Å². The fourth-order valence-electron chi connectivity index (χ4n) is 1.30. The van der Waals surface area contributed by atoms with Crippen molar-refractivity contribution in [3.05, 3.63) is 0 Å². The molecule has 1 rings (SSSR count). The minimum Gasteiger partial charge on any atom is -0.298 e. The van der Waals surface area contributed by atoms with Crippen LogP contribution in [-0.2, 0) is 15.6 Å². The molecule has 10 heavy (non-hydrogen) atoms. The molecule has 0 bridgehead atoms. The number of ketones is 1. The molecule has 0 aliphatic heterocycles. The van der Waals surface area contributed by atoms with Crippen LogP contribution in [0.15, 0.2) is 0 Å². The van der Waals surface area contributed by atoms with E-state index in [1.165, 1.54) is 0 Å². The number of Topliss-reactive ketones (excluding diaryl/α,β-unsaturated/α-hetero) is 1. The van der Waals surface area contributed by atoms with Gasteiger partial charge < -0.3 is 0 Å². The summed E-state index contributed by atoms with van der Waals surface area (Å²) in [4.78, 5) is 11.0. The molecule has 0 aromatic rings. The van der Waals surface area contributed by atoms with Crippen molar-refractivity contribution in [1.82, 2.24) is 0 Å². The van der Waals surface area contributed by atoms with Gasteiger partial charge in [0, 0.05) is 23.5 Å². The number of rotatable bonds is 1. The van der Waals surface area contributed by atoms with E-state index in [1.54, 1.807) is 6.26 Å². The quantitative estimate of drug-likeness (QED) is 0.570. The van der Waals surface area contributed by atoms with Gasteiger partial charge >= 0.3 is 0 Å². The Kier molecular flexibility index (Phi) is 2.60. The first-order chi connectivity index (χ1) is 4.72. The molecule has 58 valence electrons. The Bertz CT molecular complexity index is 165. The fourth-order valence-corrected chi connectivity index (χ4v) is 2.29. The van der Waals surface area contributed by atoms with Crippen molar-refractivity contribution in [3.8, 4) is 0 Å². The van der Waals surface area contributed by atoms with Crippen molar-refractivity contribution in [3.63, 3.8) is 0 Å². The van der Waals surface area contributed by atoms with Gasteiger partial charge in [-0.15, -0.1) is 0 Å². The maximum Gasteiger partial charge on any atom is 0.148 e. The summed E-state index contributed by atoms with van der Waals surface area (Å²) in [5, 5.41) is -0.145. The Hall–Kier alpha value is -0.180. The molecular weight excluding hydrogens is 148 g/mol. The monoisotopic (exact) mass is 160 g/mol. The molecule has 0 radical (unpaired) electrons. The summed E-state index contributed by atoms with van der Waals surface area (Å²) in [7, 11) is -0.932. The molecule has 0 amide bonds. The van der Waals surface area contributed by atoms with Crippen LogP contribution in [0.1, 0.15) is 25.7 Å². The fraction of sp³-hybridized carbons (Fsp3) is 0.857. The lowest BCUT2D eigenvalue weighted by Crippen LogP contribution is -2.28. The van der Waals surface area contributed by atoms with Crippen molar-refractivity contribution in [2.75, 3.05) is 6.26 Å². The zero-order valence-corrected chi connectivity index (χ0v) is 6.95. The Balaban J connectivity index is 2.56. The topological polar surface area (TPSA) is 34.1 Å². The molecule has 0 aromatic heterocycles. The second kappa shape index (κ2) is 3.28. The predicted molar refractivity (Wildman–Crippen MR) is 41.3 cm³/mol. The van der Waals surface area contributed by atoms with Crippen LogP contribution in [0.4, 0.5) is 0 Å². The van der Waals surface area contributed by atoms with Crippen molar-refractivity contribution >= 4 is 16.6 Å². The van der Waals surface area contributed by atoms with Gasteiger partial charge in [0.1, 0.15) is 5.78 Å². The maximum absolute atomic E-state index is 11.0. The zero-order valence-electron chi connectivity index (χ0n) is 6.13. The van der Waals surface area contributed by atoms with E-state index in [4.69, 9.17) is 0 Å². The molecule has 1 aliphatic carbocycles. The van der Waals surface area contributed by atoms with Crippen LogP contribution in [0, 0.1) is 0 Å². The molecule has 3 heteroatoms. The van der Waals surface area contributed by atoms with Gasteiger partial charge in [0.05, 0.1) is 5.25 Å². The van der Waals surface area contributed by atoms with Gasteiger partial charge in [0.2, 0.25) is 0 Å². The first-order valence-corrected chi connectivity index (χ1v) is 5.19. The Labute approximate surface area is 63.5 Å². The van der Waals surface area contributed by atoms with Crippen LogP contribution in [0.3, 0.4) is 0 Å². The summed E-state index contributed by atoms with van der Waals surface area (Å²) < 4.78 is 10.9. The normalized spacial score (nSPS) is 30.1. The second-order valence-corrected chi connectivity index (χ2v) is 4.27. The van der Waals surface area contributed by atoms with Crippen molar-refractivity contribution in [2.24, 2.45) is 0 Å². The molecule has 0 aromatic carbocycles. The highest BCUT2D eigenvalue weighted by Gasteiger charge is 2.24. The molecule has 2 atom stereocenters. The third kappa shape index (κ3) is 1.66. The van der Waals surface area contributed by atoms with Crippen LogP contribution in [-0.4, -0.2) is 21.5 Å². The summed E-state index contributed by atoms with van der Waals surface area (Å²) in [6, 6.07) is 0. The van der Waals surface area contributed by atoms with E-state index in [0.29, 0.717) is 6.42 Å². The zero-order chi connectivity index (χ0) is 7.56. The lowest BCUT2D eigenvalue weighted by Gasteiger charge is -2.17. The summed E-state index contributed by atoms with van der Waals surface area (Å²) in [5.74, 6) is 0.201. The summed E-state index contributed by atoms with van der Waals surface area (Å²) in [5.41, 5.74) is 0. The number of carbonyl (C=O) groups excluding carboxylic acids is 1. The molecule has 1 aliphatic rings. The van der Waals surface area contributed by atoms with Gasteiger partial charge in [-0.3, -0.25) is 9.00 Å². The smallest absolute Gasteiger partial charge is 0.148 e. The summed E-state index contributed by atoms with van der Waals surface area (Å²) >= 11 is 0. The predicted octanol–water partition coefficient (Wildman–Crippen LogP) is 0.877. The van der Waals surface area contributed by atoms with Crippen LogP contribution in [0.2, 0.25) is 0 Å². The van der Waals surface area contributed by atoms with Gasteiger partial charge in [-0.05, 0) is 12.8 Å². The van der Waals surface area contributed by atoms with Crippen molar-refractivity contribution < 1.29 is 9.00 Å². The molecule has 1 saturated carbocycles. The molecule has 2 unspecified atom stereocenters. The highest BCUT2D eigenvalue weighted by molar-refractivity contribution is 7.85. The summed E-state index contributed by atoms with van der Waals surface area (Å²) in [6.07, 6.45) is 5.16. The molecule has 2 nitrogen and oxygen atoms in total. The number of hydrogen-bond donors (Lipinski definition) is 0. The van der Waals surface area contributed by atoms with E-state index in [0.717, 1.165) is 19.3 Å². The molecule has 0 spiro atoms. The maximum atomic E-state index is 11.0. The van der Waals surface area contributed by atoms with E-state index in [-0.39, 0.29) is 11.0 Å². The average Bonchev–Trinajstić information content (AvgIpc) is 1.88. The van der Waals surface area contributed by atoms with Crippen LogP contribution < -0.4 is 0 Å². The molecule has 0 heterocycles. The third-order valence-corrected chi connectivity index (χ3v) is 3.20. The van der Waals surface area contributed by atoms with Gasteiger partial charge in [-0.2, -0.15) is 0 Å². The minimum atomic E-state index is -0.932. The lowest BCUT2D eigenvalue weighted by atomic mass is 9.99. The molecule has 0 saturated heterocycles. The third-order valence-electron chi connectivity index (χ3n) is 1.90. The standard InChI is InChI=1S/C7H12O2S/c1-10(9)7-5-3-2-4-6(7)8/h7H,2-5H2,1H3. The first kappa shape index (κ1) is 7.92. The molecule has 1 fully saturated rings. The van der Waals surface area contributed by atoms with Crippen LogP contribution in [0.5, 0.6) is 0 Å². The van der Waals surface area contributed by atoms with Crippen molar-refractivity contribution in [2.45, 2.75) is 30.9 Å². The molecular formula is C7H12O2S. The van der Waals surface area contributed by atoms with E-state index in [9.17, 15) is 9.00 Å². The minimum absolute atomic E-state index is 0.145. The van der Waals surface area contributed by atoms with Gasteiger partial charge in [0.15, 0.2) is 0 Å². The highest BCUT2D eigenvalue weighted by Crippen LogP contribution is 2.17. The molecule has 0 N–H and O–H groups in total. The van der Waals surface area contributed by atoms with E-state index in [1.807, 2.05) is 0 Å². The van der Waals surface area contributed by atoms with Crippen LogP contribution >= 0.6 is 0 Å². The summed E-state index contributed by atoms with van der Waals surface area (Å²) in [6.45, 7) is 0. The number of hydrogen-bond acceptors (Lipinski definition) is 2. The lowest BCUT2D eigenvalue weighted by molar-refractivity contribution is -0.119.